The van der Waals surface area contributed by atoms with E-state index in [-0.39, 0.29) is 24.4 Å². The molecule has 6 heteroatoms. The number of carbonyl (C=O) groups is 1. The van der Waals surface area contributed by atoms with Gasteiger partial charge in [0.2, 0.25) is 5.91 Å². The molecule has 1 atom stereocenters. The summed E-state index contributed by atoms with van der Waals surface area (Å²) in [6, 6.07) is 7.77. The summed E-state index contributed by atoms with van der Waals surface area (Å²) in [5.74, 6) is 0.135. The lowest BCUT2D eigenvalue weighted by Crippen LogP contribution is -2.45. The molecule has 0 saturated carbocycles. The van der Waals surface area contributed by atoms with E-state index in [1.807, 2.05) is 36.1 Å². The molecule has 1 heterocycles. The summed E-state index contributed by atoms with van der Waals surface area (Å²) in [7, 11) is 0. The topological polar surface area (TPSA) is 41.6 Å². The predicted octanol–water partition coefficient (Wildman–Crippen LogP) is 2.49. The van der Waals surface area contributed by atoms with Crippen LogP contribution in [0.5, 0.6) is 0 Å². The number of nitrogens with one attached hydrogen (secondary N) is 1. The second-order valence-corrected chi connectivity index (χ2v) is 5.34. The average Bonchev–Trinajstić information content (AvgIpc) is 2.47. The van der Waals surface area contributed by atoms with Crippen LogP contribution in [-0.4, -0.2) is 43.2 Å². The largest absolute Gasteiger partial charge is 0.378 e. The number of halogens is 2. The number of rotatable bonds is 5. The van der Waals surface area contributed by atoms with Gasteiger partial charge in [-0.3, -0.25) is 4.79 Å². The van der Waals surface area contributed by atoms with E-state index < -0.39 is 0 Å². The third-order valence-electron chi connectivity index (χ3n) is 3.47. The van der Waals surface area contributed by atoms with Crippen LogP contribution in [0, 0.1) is 0 Å². The van der Waals surface area contributed by atoms with Gasteiger partial charge in [0.05, 0.1) is 13.2 Å². The first kappa shape index (κ1) is 18.2. The van der Waals surface area contributed by atoms with Gasteiger partial charge in [0.25, 0.3) is 0 Å². The summed E-state index contributed by atoms with van der Waals surface area (Å²) in [4.78, 5) is 14.2. The maximum atomic E-state index is 12.3. The molecule has 1 aliphatic rings. The lowest BCUT2D eigenvalue weighted by Gasteiger charge is -2.27. The van der Waals surface area contributed by atoms with Crippen molar-refractivity contribution in [2.45, 2.75) is 25.9 Å². The van der Waals surface area contributed by atoms with Crippen molar-refractivity contribution in [2.24, 2.45) is 0 Å². The van der Waals surface area contributed by atoms with Crippen molar-refractivity contribution < 1.29 is 9.53 Å². The second-order valence-electron chi connectivity index (χ2n) is 4.93. The first-order valence-electron chi connectivity index (χ1n) is 7.03. The molecule has 2 rings (SSSR count). The van der Waals surface area contributed by atoms with Crippen molar-refractivity contribution >= 4 is 29.9 Å². The molecule has 1 aromatic carbocycles. The number of ether oxygens (including phenoxy) is 1. The fraction of sp³-hybridized carbons (Fsp3) is 0.533. The highest BCUT2D eigenvalue weighted by Gasteiger charge is 2.20. The van der Waals surface area contributed by atoms with Crippen molar-refractivity contribution in [2.75, 3.05) is 26.3 Å². The Bertz CT molecular complexity index is 451. The van der Waals surface area contributed by atoms with Gasteiger partial charge in [0.15, 0.2) is 0 Å². The molecule has 21 heavy (non-hydrogen) atoms. The lowest BCUT2D eigenvalue weighted by atomic mass is 10.1. The van der Waals surface area contributed by atoms with Gasteiger partial charge in [-0.2, -0.15) is 0 Å². The van der Waals surface area contributed by atoms with Crippen molar-refractivity contribution in [1.82, 2.24) is 10.2 Å². The zero-order valence-corrected chi connectivity index (χ0v) is 13.8. The Hall–Kier alpha value is -0.810. The molecule has 1 aliphatic heterocycles. The average molecular weight is 333 g/mol. The van der Waals surface area contributed by atoms with Gasteiger partial charge in [-0.05, 0) is 18.6 Å². The molecule has 1 N–H and O–H groups in total. The van der Waals surface area contributed by atoms with Crippen molar-refractivity contribution in [3.63, 3.8) is 0 Å². The van der Waals surface area contributed by atoms with Crippen LogP contribution in [0.1, 0.15) is 18.9 Å². The van der Waals surface area contributed by atoms with Gasteiger partial charge in [0, 0.05) is 37.1 Å². The van der Waals surface area contributed by atoms with E-state index in [9.17, 15) is 4.79 Å². The standard InChI is InChI=1S/C15H21ClN2O2.ClH/c1-2-18(10-12-5-3-4-6-14(12)16)15(19)9-13-11-20-8-7-17-13;/h3-6,13,17H,2,7-11H2,1H3;1H. The first-order valence-corrected chi connectivity index (χ1v) is 7.40. The maximum Gasteiger partial charge on any atom is 0.224 e. The Morgan fingerprint density at radius 1 is 1.48 bits per heavy atom. The van der Waals surface area contributed by atoms with E-state index in [1.165, 1.54) is 0 Å². The van der Waals surface area contributed by atoms with Crippen molar-refractivity contribution in [1.29, 1.82) is 0 Å². The monoisotopic (exact) mass is 332 g/mol. The van der Waals surface area contributed by atoms with Gasteiger partial charge in [-0.25, -0.2) is 0 Å². The zero-order valence-electron chi connectivity index (χ0n) is 12.2. The maximum absolute atomic E-state index is 12.3. The minimum Gasteiger partial charge on any atom is -0.378 e. The normalized spacial score (nSPS) is 17.9. The van der Waals surface area contributed by atoms with Crippen LogP contribution >= 0.6 is 24.0 Å². The smallest absolute Gasteiger partial charge is 0.224 e. The highest BCUT2D eigenvalue weighted by atomic mass is 35.5. The van der Waals surface area contributed by atoms with Gasteiger partial charge in [0.1, 0.15) is 0 Å². The molecule has 118 valence electrons. The number of amides is 1. The molecule has 0 radical (unpaired) electrons. The summed E-state index contributed by atoms with van der Waals surface area (Å²) in [6.07, 6.45) is 0.471. The molecular formula is C15H22Cl2N2O2. The summed E-state index contributed by atoms with van der Waals surface area (Å²) >= 11 is 6.15. The Morgan fingerprint density at radius 2 is 2.24 bits per heavy atom. The van der Waals surface area contributed by atoms with Gasteiger partial charge >= 0.3 is 0 Å². The first-order chi connectivity index (χ1) is 9.70. The minimum absolute atomic E-state index is 0. The summed E-state index contributed by atoms with van der Waals surface area (Å²) in [6.45, 7) is 5.37. The van der Waals surface area contributed by atoms with Crippen molar-refractivity contribution in [3.8, 4) is 0 Å². The van der Waals surface area contributed by atoms with Crippen LogP contribution in [0.15, 0.2) is 24.3 Å². The summed E-state index contributed by atoms with van der Waals surface area (Å²) in [5.41, 5.74) is 0.984. The van der Waals surface area contributed by atoms with E-state index in [4.69, 9.17) is 16.3 Å². The molecule has 1 unspecified atom stereocenters. The Labute approximate surface area is 137 Å². The summed E-state index contributed by atoms with van der Waals surface area (Å²) < 4.78 is 5.38. The molecular weight excluding hydrogens is 311 g/mol. The quantitative estimate of drug-likeness (QED) is 0.900. The number of nitrogens with zero attached hydrogens (tertiary/aromatic N) is 1. The number of carbonyl (C=O) groups excluding carboxylic acids is 1. The molecule has 1 saturated heterocycles. The molecule has 1 fully saturated rings. The van der Waals surface area contributed by atoms with Crippen LogP contribution in [0.3, 0.4) is 0 Å². The predicted molar refractivity (Wildman–Crippen MR) is 87.0 cm³/mol. The van der Waals surface area contributed by atoms with Crippen LogP contribution < -0.4 is 5.32 Å². The molecule has 0 aliphatic carbocycles. The number of hydrogen-bond donors (Lipinski definition) is 1. The molecule has 0 bridgehead atoms. The van der Waals surface area contributed by atoms with E-state index in [0.717, 1.165) is 18.7 Å². The number of benzene rings is 1. The highest BCUT2D eigenvalue weighted by molar-refractivity contribution is 6.31. The fourth-order valence-corrected chi connectivity index (χ4v) is 2.49. The Balaban J connectivity index is 0.00000220. The third kappa shape index (κ3) is 5.47. The SMILES string of the molecule is CCN(Cc1ccccc1Cl)C(=O)CC1COCCN1.Cl. The zero-order chi connectivity index (χ0) is 14.4. The van der Waals surface area contributed by atoms with Crippen molar-refractivity contribution in [3.05, 3.63) is 34.9 Å². The second kappa shape index (κ2) is 9.26. The lowest BCUT2D eigenvalue weighted by molar-refractivity contribution is -0.132. The van der Waals surface area contributed by atoms with E-state index in [2.05, 4.69) is 5.32 Å². The Kier molecular flexibility index (Phi) is 8.04. The van der Waals surface area contributed by atoms with Gasteiger partial charge < -0.3 is 15.0 Å². The number of hydrogen-bond acceptors (Lipinski definition) is 3. The molecule has 0 spiro atoms. The van der Waals surface area contributed by atoms with Crippen LogP contribution in [0.2, 0.25) is 5.02 Å². The van der Waals surface area contributed by atoms with E-state index >= 15 is 0 Å². The molecule has 1 aromatic rings. The molecule has 1 amide bonds. The Morgan fingerprint density at radius 3 is 2.86 bits per heavy atom. The summed E-state index contributed by atoms with van der Waals surface area (Å²) in [5, 5.41) is 4.01. The van der Waals surface area contributed by atoms with E-state index in [0.29, 0.717) is 31.1 Å². The van der Waals surface area contributed by atoms with Crippen LogP contribution in [0.4, 0.5) is 0 Å². The van der Waals surface area contributed by atoms with Gasteiger partial charge in [-0.15, -0.1) is 12.4 Å². The third-order valence-corrected chi connectivity index (χ3v) is 3.84. The van der Waals surface area contributed by atoms with Crippen LogP contribution in [-0.2, 0) is 16.1 Å². The number of morpholine rings is 1. The van der Waals surface area contributed by atoms with Gasteiger partial charge in [-0.1, -0.05) is 29.8 Å². The molecule has 0 aromatic heterocycles. The highest BCUT2D eigenvalue weighted by Crippen LogP contribution is 2.17. The molecule has 4 nitrogen and oxygen atoms in total. The minimum atomic E-state index is 0. The fourth-order valence-electron chi connectivity index (χ4n) is 2.30. The van der Waals surface area contributed by atoms with Crippen LogP contribution in [0.25, 0.3) is 0 Å². The van der Waals surface area contributed by atoms with E-state index in [1.54, 1.807) is 0 Å².